The number of carbonyl (C=O) groups is 2. The van der Waals surface area contributed by atoms with Gasteiger partial charge in [-0.05, 0) is 20.3 Å². The van der Waals surface area contributed by atoms with Gasteiger partial charge in [0.05, 0.1) is 19.6 Å². The zero-order valence-corrected chi connectivity index (χ0v) is 9.56. The Hall–Kier alpha value is -1.10. The summed E-state index contributed by atoms with van der Waals surface area (Å²) < 4.78 is 0.112. The van der Waals surface area contributed by atoms with Crippen LogP contribution in [-0.4, -0.2) is 52.3 Å². The number of carboxylic acids is 2. The summed E-state index contributed by atoms with van der Waals surface area (Å²) in [5.74, 6) is -2.50. The SMILES string of the molecule is CCC[N+](CC)(CC)C(C(=O)O)C(=O)O. The topological polar surface area (TPSA) is 74.6 Å². The van der Waals surface area contributed by atoms with Crippen LogP contribution in [0.3, 0.4) is 0 Å². The van der Waals surface area contributed by atoms with Crippen molar-refractivity contribution >= 4 is 11.9 Å². The van der Waals surface area contributed by atoms with Gasteiger partial charge in [0.2, 0.25) is 0 Å². The molecule has 0 aliphatic heterocycles. The Balaban J connectivity index is 5.15. The molecule has 2 N–H and O–H groups in total. The van der Waals surface area contributed by atoms with E-state index in [9.17, 15) is 9.59 Å². The van der Waals surface area contributed by atoms with Crippen LogP contribution in [0, 0.1) is 0 Å². The Bertz CT molecular complexity index is 222. The third-order valence-corrected chi connectivity index (χ3v) is 2.94. The predicted molar refractivity (Wildman–Crippen MR) is 55.6 cm³/mol. The van der Waals surface area contributed by atoms with E-state index in [1.54, 1.807) is 0 Å². The molecule has 0 spiro atoms. The van der Waals surface area contributed by atoms with Gasteiger partial charge in [0.15, 0.2) is 0 Å². The first-order valence-corrected chi connectivity index (χ1v) is 5.26. The second-order valence-corrected chi connectivity index (χ2v) is 3.65. The average molecular weight is 218 g/mol. The summed E-state index contributed by atoms with van der Waals surface area (Å²) >= 11 is 0. The maximum Gasteiger partial charge on any atom is 0.374 e. The minimum atomic E-state index is -1.35. The van der Waals surface area contributed by atoms with Gasteiger partial charge in [-0.1, -0.05) is 6.92 Å². The molecule has 0 radical (unpaired) electrons. The summed E-state index contributed by atoms with van der Waals surface area (Å²) in [6.07, 6.45) is 0.777. The zero-order chi connectivity index (χ0) is 12.1. The fourth-order valence-electron chi connectivity index (χ4n) is 2.05. The lowest BCUT2D eigenvalue weighted by Crippen LogP contribution is -2.62. The van der Waals surface area contributed by atoms with Crippen LogP contribution in [0.1, 0.15) is 27.2 Å². The van der Waals surface area contributed by atoms with E-state index in [0.29, 0.717) is 19.6 Å². The van der Waals surface area contributed by atoms with E-state index in [4.69, 9.17) is 10.2 Å². The molecule has 0 amide bonds. The Morgan fingerprint density at radius 2 is 1.47 bits per heavy atom. The summed E-state index contributed by atoms with van der Waals surface area (Å²) in [5.41, 5.74) is 0. The van der Waals surface area contributed by atoms with Gasteiger partial charge in [0, 0.05) is 0 Å². The van der Waals surface area contributed by atoms with Gasteiger partial charge < -0.3 is 14.7 Å². The van der Waals surface area contributed by atoms with Gasteiger partial charge in [0.1, 0.15) is 0 Å². The van der Waals surface area contributed by atoms with Gasteiger partial charge >= 0.3 is 11.9 Å². The molecule has 0 unspecified atom stereocenters. The summed E-state index contributed by atoms with van der Waals surface area (Å²) in [6.45, 7) is 7.21. The van der Waals surface area contributed by atoms with E-state index in [0.717, 1.165) is 6.42 Å². The molecule has 0 heterocycles. The van der Waals surface area contributed by atoms with Gasteiger partial charge in [-0.15, -0.1) is 0 Å². The first kappa shape index (κ1) is 13.9. The highest BCUT2D eigenvalue weighted by Gasteiger charge is 2.44. The molecule has 0 aliphatic carbocycles. The lowest BCUT2D eigenvalue weighted by molar-refractivity contribution is -0.932. The van der Waals surface area contributed by atoms with Crippen molar-refractivity contribution in [3.63, 3.8) is 0 Å². The second-order valence-electron chi connectivity index (χ2n) is 3.65. The smallest absolute Gasteiger partial charge is 0.374 e. The van der Waals surface area contributed by atoms with Gasteiger partial charge in [-0.25, -0.2) is 9.59 Å². The molecule has 0 fully saturated rings. The van der Waals surface area contributed by atoms with Crippen LogP contribution in [0.25, 0.3) is 0 Å². The van der Waals surface area contributed by atoms with Crippen molar-refractivity contribution in [1.29, 1.82) is 0 Å². The van der Waals surface area contributed by atoms with E-state index >= 15 is 0 Å². The number of aliphatic carboxylic acids is 2. The van der Waals surface area contributed by atoms with E-state index < -0.39 is 18.0 Å². The van der Waals surface area contributed by atoms with Crippen LogP contribution < -0.4 is 0 Å². The standard InChI is InChI=1S/C10H19NO4/c1-4-7-11(5-2,6-3)8(9(12)13)10(14)15/h8H,4-7H2,1-3H3,(H-,12,13,14,15)/p+1. The van der Waals surface area contributed by atoms with Crippen molar-refractivity contribution in [2.45, 2.75) is 33.2 Å². The largest absolute Gasteiger partial charge is 0.476 e. The van der Waals surface area contributed by atoms with Gasteiger partial charge in [-0.2, -0.15) is 0 Å². The second kappa shape index (κ2) is 5.70. The van der Waals surface area contributed by atoms with Crippen molar-refractivity contribution in [1.82, 2.24) is 0 Å². The number of hydrogen-bond acceptors (Lipinski definition) is 2. The molecule has 0 atom stereocenters. The molecule has 0 bridgehead atoms. The average Bonchev–Trinajstić information content (AvgIpc) is 2.15. The molecule has 0 saturated heterocycles. The minimum Gasteiger partial charge on any atom is -0.476 e. The number of nitrogens with zero attached hydrogens (tertiary/aromatic N) is 1. The maximum absolute atomic E-state index is 11.0. The Morgan fingerprint density at radius 3 is 1.67 bits per heavy atom. The Kier molecular flexibility index (Phi) is 5.28. The van der Waals surface area contributed by atoms with Crippen LogP contribution in [0.15, 0.2) is 0 Å². The maximum atomic E-state index is 11.0. The summed E-state index contributed by atoms with van der Waals surface area (Å²) in [4.78, 5) is 22.0. The molecular formula is C10H20NO4+. The quantitative estimate of drug-likeness (QED) is 0.489. The molecule has 0 aromatic heterocycles. The zero-order valence-electron chi connectivity index (χ0n) is 9.56. The molecule has 5 nitrogen and oxygen atoms in total. The predicted octanol–water partition coefficient (Wildman–Crippen LogP) is 0.791. The molecule has 15 heavy (non-hydrogen) atoms. The molecule has 0 saturated carbocycles. The molecule has 0 aromatic rings. The van der Waals surface area contributed by atoms with E-state index in [1.807, 2.05) is 20.8 Å². The highest BCUT2D eigenvalue weighted by atomic mass is 16.4. The van der Waals surface area contributed by atoms with Crippen LogP contribution in [0.2, 0.25) is 0 Å². The first-order chi connectivity index (χ1) is 6.95. The molecule has 0 aliphatic rings. The molecular weight excluding hydrogens is 198 g/mol. The van der Waals surface area contributed by atoms with Gasteiger partial charge in [-0.3, -0.25) is 0 Å². The minimum absolute atomic E-state index is 0.112. The number of quaternary nitrogens is 1. The summed E-state index contributed by atoms with van der Waals surface area (Å²) in [7, 11) is 0. The Morgan fingerprint density at radius 1 is 1.07 bits per heavy atom. The first-order valence-electron chi connectivity index (χ1n) is 5.26. The lowest BCUT2D eigenvalue weighted by Gasteiger charge is -2.39. The van der Waals surface area contributed by atoms with Crippen LogP contribution in [-0.2, 0) is 9.59 Å². The van der Waals surface area contributed by atoms with Gasteiger partial charge in [0.25, 0.3) is 6.04 Å². The van der Waals surface area contributed by atoms with Crippen LogP contribution in [0.5, 0.6) is 0 Å². The van der Waals surface area contributed by atoms with E-state index in [1.165, 1.54) is 0 Å². The molecule has 0 aromatic carbocycles. The Labute approximate surface area is 89.9 Å². The van der Waals surface area contributed by atoms with Crippen molar-refractivity contribution in [2.75, 3.05) is 19.6 Å². The third kappa shape index (κ3) is 2.92. The fourth-order valence-corrected chi connectivity index (χ4v) is 2.05. The molecule has 0 rings (SSSR count). The molecule has 5 heteroatoms. The number of hydrogen-bond donors (Lipinski definition) is 2. The normalized spacial score (nSPS) is 11.7. The van der Waals surface area contributed by atoms with E-state index in [-0.39, 0.29) is 4.48 Å². The van der Waals surface area contributed by atoms with E-state index in [2.05, 4.69) is 0 Å². The van der Waals surface area contributed by atoms with Crippen molar-refractivity contribution in [2.24, 2.45) is 0 Å². The van der Waals surface area contributed by atoms with Crippen molar-refractivity contribution in [3.8, 4) is 0 Å². The highest BCUT2D eigenvalue weighted by Crippen LogP contribution is 2.15. The lowest BCUT2D eigenvalue weighted by atomic mass is 10.1. The summed E-state index contributed by atoms with van der Waals surface area (Å²) in [5, 5.41) is 17.9. The number of carboxylic acid groups (broad SMARTS) is 2. The monoisotopic (exact) mass is 218 g/mol. The summed E-state index contributed by atoms with van der Waals surface area (Å²) in [6, 6.07) is -1.35. The molecule has 88 valence electrons. The third-order valence-electron chi connectivity index (χ3n) is 2.94. The van der Waals surface area contributed by atoms with Crippen molar-refractivity contribution in [3.05, 3.63) is 0 Å². The van der Waals surface area contributed by atoms with Crippen LogP contribution >= 0.6 is 0 Å². The fraction of sp³-hybridized carbons (Fsp3) is 0.800. The highest BCUT2D eigenvalue weighted by molar-refractivity contribution is 5.95. The van der Waals surface area contributed by atoms with Crippen molar-refractivity contribution < 1.29 is 24.3 Å². The number of rotatable bonds is 7. The van der Waals surface area contributed by atoms with Crippen LogP contribution in [0.4, 0.5) is 0 Å². The number of likely N-dealkylation sites (N-methyl/N-ethyl adjacent to an activating group) is 1.